The number of anilines is 1. The lowest BCUT2D eigenvalue weighted by molar-refractivity contribution is 0.189. The van der Waals surface area contributed by atoms with Crippen LogP contribution in [0.3, 0.4) is 0 Å². The monoisotopic (exact) mass is 373 g/mol. The number of amides is 2. The number of hydrogen-bond acceptors (Lipinski definition) is 5. The molecule has 1 saturated heterocycles. The van der Waals surface area contributed by atoms with Crippen LogP contribution in [-0.2, 0) is 0 Å². The number of rotatable bonds is 5. The topological polar surface area (TPSA) is 51.7 Å². The molecule has 7 heteroatoms. The van der Waals surface area contributed by atoms with Crippen LogP contribution in [-0.4, -0.2) is 67.6 Å². The predicted molar refractivity (Wildman–Crippen MR) is 107 cm³/mol. The minimum absolute atomic E-state index is 0.0249. The fourth-order valence-corrected chi connectivity index (χ4v) is 4.36. The minimum atomic E-state index is 0.0249. The van der Waals surface area contributed by atoms with E-state index in [1.54, 1.807) is 17.5 Å². The SMILES string of the molecule is Cc1ccsc1C(CNC(=O)N1CCN(c2cccnc2)CC1)N(C)C. The number of aromatic nitrogens is 1. The highest BCUT2D eigenvalue weighted by molar-refractivity contribution is 7.10. The molecule has 0 bridgehead atoms. The third-order valence-electron chi connectivity index (χ3n) is 4.85. The van der Waals surface area contributed by atoms with Gasteiger partial charge in [-0.25, -0.2) is 4.79 Å². The van der Waals surface area contributed by atoms with Crippen molar-refractivity contribution in [1.29, 1.82) is 0 Å². The Labute approximate surface area is 159 Å². The number of nitrogens with one attached hydrogen (secondary N) is 1. The number of nitrogens with zero attached hydrogens (tertiary/aromatic N) is 4. The second-order valence-corrected chi connectivity index (χ2v) is 7.77. The quantitative estimate of drug-likeness (QED) is 0.875. The molecule has 3 heterocycles. The number of urea groups is 1. The fraction of sp³-hybridized carbons (Fsp3) is 0.474. The summed E-state index contributed by atoms with van der Waals surface area (Å²) in [6.45, 7) is 5.87. The van der Waals surface area contributed by atoms with E-state index >= 15 is 0 Å². The molecule has 2 aromatic heterocycles. The lowest BCUT2D eigenvalue weighted by atomic mass is 10.1. The summed E-state index contributed by atoms with van der Waals surface area (Å²) >= 11 is 1.75. The highest BCUT2D eigenvalue weighted by Crippen LogP contribution is 2.26. The van der Waals surface area contributed by atoms with E-state index in [0.29, 0.717) is 6.54 Å². The highest BCUT2D eigenvalue weighted by atomic mass is 32.1. The van der Waals surface area contributed by atoms with Crippen molar-refractivity contribution in [3.63, 3.8) is 0 Å². The van der Waals surface area contributed by atoms with Gasteiger partial charge in [-0.2, -0.15) is 0 Å². The van der Waals surface area contributed by atoms with Crippen molar-refractivity contribution in [2.75, 3.05) is 51.7 Å². The summed E-state index contributed by atoms with van der Waals surface area (Å²) < 4.78 is 0. The molecule has 0 saturated carbocycles. The van der Waals surface area contributed by atoms with Crippen molar-refractivity contribution in [3.8, 4) is 0 Å². The van der Waals surface area contributed by atoms with Crippen molar-refractivity contribution < 1.29 is 4.79 Å². The van der Waals surface area contributed by atoms with Gasteiger partial charge < -0.3 is 20.0 Å². The van der Waals surface area contributed by atoms with Crippen LogP contribution in [0.1, 0.15) is 16.5 Å². The van der Waals surface area contributed by atoms with Gasteiger partial charge in [-0.3, -0.25) is 4.98 Å². The van der Waals surface area contributed by atoms with Gasteiger partial charge in [-0.15, -0.1) is 11.3 Å². The van der Waals surface area contributed by atoms with Crippen molar-refractivity contribution in [2.45, 2.75) is 13.0 Å². The first-order valence-corrected chi connectivity index (χ1v) is 9.82. The summed E-state index contributed by atoms with van der Waals surface area (Å²) in [4.78, 5) is 24.4. The standard InChI is InChI=1S/C19H27N5OS/c1-15-6-12-26-18(15)17(22(2)3)14-21-19(25)24-10-8-23(9-11-24)16-5-4-7-20-13-16/h4-7,12-13,17H,8-11,14H2,1-3H3,(H,21,25). The Hall–Kier alpha value is -2.12. The van der Waals surface area contributed by atoms with Gasteiger partial charge in [0.25, 0.3) is 0 Å². The molecule has 1 aliphatic heterocycles. The molecule has 0 aromatic carbocycles. The Morgan fingerprint density at radius 2 is 2.08 bits per heavy atom. The van der Waals surface area contributed by atoms with Gasteiger partial charge in [0.15, 0.2) is 0 Å². The molecule has 1 fully saturated rings. The molecule has 0 aliphatic carbocycles. The van der Waals surface area contributed by atoms with Crippen molar-refractivity contribution >= 4 is 23.1 Å². The first kappa shape index (κ1) is 18.7. The van der Waals surface area contributed by atoms with E-state index < -0.39 is 0 Å². The van der Waals surface area contributed by atoms with E-state index in [1.165, 1.54) is 10.4 Å². The summed E-state index contributed by atoms with van der Waals surface area (Å²) in [7, 11) is 4.12. The number of carbonyl (C=O) groups excluding carboxylic acids is 1. The third kappa shape index (κ3) is 4.34. The number of piperazine rings is 1. The van der Waals surface area contributed by atoms with E-state index in [9.17, 15) is 4.79 Å². The summed E-state index contributed by atoms with van der Waals surface area (Å²) in [6.07, 6.45) is 3.66. The van der Waals surface area contributed by atoms with Crippen LogP contribution < -0.4 is 10.2 Å². The Kier molecular flexibility index (Phi) is 6.11. The lowest BCUT2D eigenvalue weighted by Gasteiger charge is -2.36. The van der Waals surface area contributed by atoms with Crippen LogP contribution in [0.25, 0.3) is 0 Å². The summed E-state index contributed by atoms with van der Waals surface area (Å²) in [6, 6.07) is 6.37. The summed E-state index contributed by atoms with van der Waals surface area (Å²) in [5.41, 5.74) is 2.40. The average Bonchev–Trinajstić information content (AvgIpc) is 3.08. The maximum atomic E-state index is 12.6. The second kappa shape index (κ2) is 8.51. The van der Waals surface area contributed by atoms with Crippen LogP contribution in [0.5, 0.6) is 0 Å². The van der Waals surface area contributed by atoms with Gasteiger partial charge in [0.1, 0.15) is 0 Å². The number of thiophene rings is 1. The minimum Gasteiger partial charge on any atom is -0.367 e. The summed E-state index contributed by atoms with van der Waals surface area (Å²) in [5, 5.41) is 5.24. The molecule has 2 aromatic rings. The lowest BCUT2D eigenvalue weighted by Crippen LogP contribution is -2.52. The van der Waals surface area contributed by atoms with Crippen molar-refractivity contribution in [3.05, 3.63) is 46.4 Å². The van der Waals surface area contributed by atoms with Crippen molar-refractivity contribution in [2.24, 2.45) is 0 Å². The molecular formula is C19H27N5OS. The molecule has 1 unspecified atom stereocenters. The van der Waals surface area contributed by atoms with E-state index in [4.69, 9.17) is 0 Å². The maximum absolute atomic E-state index is 12.6. The van der Waals surface area contributed by atoms with Crippen LogP contribution in [0.15, 0.2) is 36.0 Å². The first-order chi connectivity index (χ1) is 12.6. The largest absolute Gasteiger partial charge is 0.367 e. The zero-order valence-corrected chi connectivity index (χ0v) is 16.5. The third-order valence-corrected chi connectivity index (χ3v) is 5.97. The molecule has 3 rings (SSSR count). The molecule has 26 heavy (non-hydrogen) atoms. The number of hydrogen-bond donors (Lipinski definition) is 1. The number of carbonyl (C=O) groups is 1. The smallest absolute Gasteiger partial charge is 0.317 e. The average molecular weight is 374 g/mol. The number of pyridine rings is 1. The van der Waals surface area contributed by atoms with Gasteiger partial charge >= 0.3 is 6.03 Å². The van der Waals surface area contributed by atoms with Crippen molar-refractivity contribution in [1.82, 2.24) is 20.1 Å². The Morgan fingerprint density at radius 3 is 2.65 bits per heavy atom. The van der Waals surface area contributed by atoms with E-state index in [1.807, 2.05) is 17.2 Å². The Balaban J connectivity index is 1.52. The zero-order valence-electron chi connectivity index (χ0n) is 15.7. The van der Waals surface area contributed by atoms with Crippen LogP contribution in [0.2, 0.25) is 0 Å². The van der Waals surface area contributed by atoms with Gasteiger partial charge in [0, 0.05) is 43.8 Å². The summed E-state index contributed by atoms with van der Waals surface area (Å²) in [5.74, 6) is 0. The highest BCUT2D eigenvalue weighted by Gasteiger charge is 2.23. The van der Waals surface area contributed by atoms with Gasteiger partial charge in [0.05, 0.1) is 17.9 Å². The normalized spacial score (nSPS) is 16.0. The Morgan fingerprint density at radius 1 is 1.31 bits per heavy atom. The Bertz CT molecular complexity index is 710. The molecule has 140 valence electrons. The molecule has 0 spiro atoms. The molecule has 1 atom stereocenters. The van der Waals surface area contributed by atoms with E-state index in [0.717, 1.165) is 31.9 Å². The maximum Gasteiger partial charge on any atom is 0.317 e. The van der Waals surface area contributed by atoms with E-state index in [2.05, 4.69) is 58.6 Å². The van der Waals surface area contributed by atoms with E-state index in [-0.39, 0.29) is 12.1 Å². The number of likely N-dealkylation sites (N-methyl/N-ethyl adjacent to an activating group) is 1. The molecule has 1 N–H and O–H groups in total. The predicted octanol–water partition coefficient (Wildman–Crippen LogP) is 2.59. The molecule has 0 radical (unpaired) electrons. The van der Waals surface area contributed by atoms with Gasteiger partial charge in [-0.05, 0) is 50.2 Å². The second-order valence-electron chi connectivity index (χ2n) is 6.82. The molecule has 6 nitrogen and oxygen atoms in total. The van der Waals surface area contributed by atoms with Crippen LogP contribution in [0.4, 0.5) is 10.5 Å². The molecule has 1 aliphatic rings. The van der Waals surface area contributed by atoms with Gasteiger partial charge in [0.2, 0.25) is 0 Å². The number of aryl methyl sites for hydroxylation is 1. The fourth-order valence-electron chi connectivity index (χ4n) is 3.24. The molecule has 2 amide bonds. The zero-order chi connectivity index (χ0) is 18.5. The first-order valence-electron chi connectivity index (χ1n) is 8.94. The molecular weight excluding hydrogens is 346 g/mol. The van der Waals surface area contributed by atoms with Crippen LogP contribution >= 0.6 is 11.3 Å². The van der Waals surface area contributed by atoms with Gasteiger partial charge in [-0.1, -0.05) is 0 Å². The van der Waals surface area contributed by atoms with Crippen LogP contribution in [0, 0.1) is 6.92 Å².